The summed E-state index contributed by atoms with van der Waals surface area (Å²) in [6, 6.07) is 2.60. The van der Waals surface area contributed by atoms with Crippen LogP contribution in [0.3, 0.4) is 0 Å². The number of hydrogen-bond donors (Lipinski definition) is 0. The van der Waals surface area contributed by atoms with Crippen LogP contribution in [0.5, 0.6) is 17.2 Å². The standard InChI is InChI=1S/C9H12O6S.C4H12N/c1-13-6-4-7(14-2)9(16(10,11)12)8(5-6)15-3;1-5(2,3)4/h4-5H,1-3H3,(H,10,11,12);1-4H3/q;+1/p-1. The third-order valence-electron chi connectivity index (χ3n) is 1.92. The molecule has 0 atom stereocenters. The largest absolute Gasteiger partial charge is 0.744 e. The van der Waals surface area contributed by atoms with Gasteiger partial charge in [0.25, 0.3) is 0 Å². The van der Waals surface area contributed by atoms with Crippen LogP contribution in [0, 0.1) is 0 Å². The Morgan fingerprint density at radius 1 is 0.905 bits per heavy atom. The highest BCUT2D eigenvalue weighted by Gasteiger charge is 2.18. The molecule has 0 N–H and O–H groups in total. The summed E-state index contributed by atoms with van der Waals surface area (Å²) in [6.45, 7) is 0. The fourth-order valence-electron chi connectivity index (χ4n) is 1.22. The molecule has 0 aromatic heterocycles. The second-order valence-corrected chi connectivity index (χ2v) is 6.81. The zero-order valence-corrected chi connectivity index (χ0v) is 14.3. The predicted octanol–water partition coefficient (Wildman–Crippen LogP) is 0.939. The van der Waals surface area contributed by atoms with Gasteiger partial charge in [-0.2, -0.15) is 0 Å². The SMILES string of the molecule is COc1cc(OC)c(S(=O)(=O)[O-])c(OC)c1.C[N+](C)(C)C. The molecule has 0 heterocycles. The molecule has 0 radical (unpaired) electrons. The van der Waals surface area contributed by atoms with Crippen LogP contribution in [-0.4, -0.2) is 67.0 Å². The normalized spacial score (nSPS) is 11.2. The Bertz CT molecular complexity index is 532. The molecule has 0 spiro atoms. The molecule has 0 amide bonds. The molecule has 0 aliphatic rings. The Morgan fingerprint density at radius 3 is 1.43 bits per heavy atom. The van der Waals surface area contributed by atoms with Gasteiger partial charge in [0.05, 0.1) is 49.5 Å². The van der Waals surface area contributed by atoms with Crippen molar-refractivity contribution in [1.82, 2.24) is 0 Å². The predicted molar refractivity (Wildman–Crippen MR) is 78.0 cm³/mol. The van der Waals surface area contributed by atoms with Crippen LogP contribution in [-0.2, 0) is 10.1 Å². The number of benzene rings is 1. The van der Waals surface area contributed by atoms with Gasteiger partial charge in [0.1, 0.15) is 32.3 Å². The molecular weight excluding hydrogens is 298 g/mol. The van der Waals surface area contributed by atoms with Crippen molar-refractivity contribution in [2.75, 3.05) is 49.5 Å². The highest BCUT2D eigenvalue weighted by Crippen LogP contribution is 2.37. The van der Waals surface area contributed by atoms with E-state index in [4.69, 9.17) is 14.2 Å². The maximum absolute atomic E-state index is 11.0. The van der Waals surface area contributed by atoms with E-state index in [9.17, 15) is 13.0 Å². The topological polar surface area (TPSA) is 84.9 Å². The van der Waals surface area contributed by atoms with E-state index in [-0.39, 0.29) is 11.5 Å². The third-order valence-corrected chi connectivity index (χ3v) is 2.82. The van der Waals surface area contributed by atoms with Gasteiger partial charge in [-0.3, -0.25) is 0 Å². The van der Waals surface area contributed by atoms with Crippen molar-refractivity contribution in [1.29, 1.82) is 0 Å². The zero-order chi connectivity index (χ0) is 16.8. The molecule has 1 aromatic carbocycles. The second kappa shape index (κ2) is 7.48. The molecule has 1 aromatic rings. The molecule has 0 saturated carbocycles. The van der Waals surface area contributed by atoms with Gasteiger partial charge in [0.2, 0.25) is 0 Å². The molecule has 0 saturated heterocycles. The number of nitrogens with zero attached hydrogens (tertiary/aromatic N) is 1. The fourth-order valence-corrected chi connectivity index (χ4v) is 2.00. The average Bonchev–Trinajstić information content (AvgIpc) is 2.33. The molecule has 21 heavy (non-hydrogen) atoms. The molecule has 0 fully saturated rings. The number of ether oxygens (including phenoxy) is 3. The molecule has 122 valence electrons. The maximum Gasteiger partial charge on any atom is 0.143 e. The molecule has 8 heteroatoms. The van der Waals surface area contributed by atoms with E-state index in [1.165, 1.54) is 33.5 Å². The van der Waals surface area contributed by atoms with Gasteiger partial charge in [-0.25, -0.2) is 8.42 Å². The van der Waals surface area contributed by atoms with Crippen LogP contribution < -0.4 is 14.2 Å². The van der Waals surface area contributed by atoms with Crippen LogP contribution in [0.4, 0.5) is 0 Å². The first-order valence-corrected chi connectivity index (χ1v) is 7.39. The lowest BCUT2D eigenvalue weighted by Gasteiger charge is -2.16. The van der Waals surface area contributed by atoms with Crippen molar-refractivity contribution in [2.45, 2.75) is 4.90 Å². The monoisotopic (exact) mass is 321 g/mol. The van der Waals surface area contributed by atoms with Crippen molar-refractivity contribution in [3.05, 3.63) is 12.1 Å². The Kier molecular flexibility index (Phi) is 6.95. The number of quaternary nitrogens is 1. The number of methoxy groups -OCH3 is 3. The quantitative estimate of drug-likeness (QED) is 0.606. The van der Waals surface area contributed by atoms with Crippen LogP contribution in [0.25, 0.3) is 0 Å². The highest BCUT2D eigenvalue weighted by molar-refractivity contribution is 7.86. The van der Waals surface area contributed by atoms with Gasteiger partial charge < -0.3 is 23.2 Å². The zero-order valence-electron chi connectivity index (χ0n) is 13.5. The van der Waals surface area contributed by atoms with Crippen molar-refractivity contribution in [3.63, 3.8) is 0 Å². The first-order chi connectivity index (χ1) is 9.43. The van der Waals surface area contributed by atoms with Gasteiger partial charge in [-0.05, 0) is 0 Å². The van der Waals surface area contributed by atoms with Gasteiger partial charge in [-0.1, -0.05) is 0 Å². The number of rotatable bonds is 4. The minimum atomic E-state index is -4.67. The summed E-state index contributed by atoms with van der Waals surface area (Å²) in [5, 5.41) is 0. The summed E-state index contributed by atoms with van der Waals surface area (Å²) in [4.78, 5) is -0.529. The van der Waals surface area contributed by atoms with Crippen LogP contribution in [0.15, 0.2) is 17.0 Å². The van der Waals surface area contributed by atoms with E-state index in [0.29, 0.717) is 5.75 Å². The Morgan fingerprint density at radius 2 is 1.24 bits per heavy atom. The third kappa shape index (κ3) is 7.16. The van der Waals surface area contributed by atoms with Crippen LogP contribution in [0.1, 0.15) is 0 Å². The van der Waals surface area contributed by atoms with E-state index in [1.807, 2.05) is 0 Å². The molecule has 1 rings (SSSR count). The molecule has 0 bridgehead atoms. The van der Waals surface area contributed by atoms with E-state index < -0.39 is 15.0 Å². The summed E-state index contributed by atoms with van der Waals surface area (Å²) in [7, 11) is 7.74. The van der Waals surface area contributed by atoms with Crippen LogP contribution in [0.2, 0.25) is 0 Å². The minimum Gasteiger partial charge on any atom is -0.744 e. The van der Waals surface area contributed by atoms with E-state index >= 15 is 0 Å². The van der Waals surface area contributed by atoms with Gasteiger partial charge in [0, 0.05) is 12.1 Å². The fraction of sp³-hybridized carbons (Fsp3) is 0.538. The number of hydrogen-bond acceptors (Lipinski definition) is 6. The van der Waals surface area contributed by atoms with E-state index in [2.05, 4.69) is 28.2 Å². The summed E-state index contributed by atoms with van der Waals surface area (Å²) >= 11 is 0. The van der Waals surface area contributed by atoms with Crippen molar-refractivity contribution in [2.24, 2.45) is 0 Å². The average molecular weight is 321 g/mol. The van der Waals surface area contributed by atoms with Crippen LogP contribution >= 0.6 is 0 Å². The van der Waals surface area contributed by atoms with Gasteiger partial charge >= 0.3 is 0 Å². The summed E-state index contributed by atoms with van der Waals surface area (Å²) in [6.07, 6.45) is 0. The maximum atomic E-state index is 11.0. The lowest BCUT2D eigenvalue weighted by molar-refractivity contribution is -0.849. The summed E-state index contributed by atoms with van der Waals surface area (Å²) < 4.78 is 48.7. The Hall–Kier alpha value is -1.51. The van der Waals surface area contributed by atoms with E-state index in [1.54, 1.807) is 0 Å². The molecule has 0 unspecified atom stereocenters. The van der Waals surface area contributed by atoms with Gasteiger partial charge in [0.15, 0.2) is 0 Å². The smallest absolute Gasteiger partial charge is 0.143 e. The highest BCUT2D eigenvalue weighted by atomic mass is 32.2. The Balaban J connectivity index is 0.000000690. The summed E-state index contributed by atoms with van der Waals surface area (Å²) in [5.41, 5.74) is 0. The molecular formula is C13H23NO6S. The first kappa shape index (κ1) is 19.5. The first-order valence-electron chi connectivity index (χ1n) is 5.98. The van der Waals surface area contributed by atoms with Crippen molar-refractivity contribution >= 4 is 10.1 Å². The lowest BCUT2D eigenvalue weighted by Crippen LogP contribution is -2.27. The minimum absolute atomic E-state index is 0.105. The van der Waals surface area contributed by atoms with Crippen molar-refractivity contribution in [3.8, 4) is 17.2 Å². The Labute approximate surface area is 126 Å². The van der Waals surface area contributed by atoms with Gasteiger partial charge in [-0.15, -0.1) is 0 Å². The van der Waals surface area contributed by atoms with E-state index in [0.717, 1.165) is 4.48 Å². The summed E-state index contributed by atoms with van der Waals surface area (Å²) in [5.74, 6) is 0.124. The molecule has 7 nitrogen and oxygen atoms in total. The molecule has 0 aliphatic heterocycles. The molecule has 0 aliphatic carbocycles. The second-order valence-electron chi connectivity index (χ2n) is 5.50. The lowest BCUT2D eigenvalue weighted by atomic mass is 10.3. The van der Waals surface area contributed by atoms with Crippen molar-refractivity contribution < 1.29 is 31.7 Å².